The average Bonchev–Trinajstić information content (AvgIpc) is 3.28. The monoisotopic (exact) mass is 457 g/mol. The number of likely N-dealkylation sites (tertiary alicyclic amines) is 1. The molecule has 5 nitrogen and oxygen atoms in total. The first-order chi connectivity index (χ1) is 14.4. The van der Waals surface area contributed by atoms with Crippen LogP contribution in [0.25, 0.3) is 20.4 Å². The Morgan fingerprint density at radius 3 is 2.67 bits per heavy atom. The number of thiophene rings is 1. The summed E-state index contributed by atoms with van der Waals surface area (Å²) in [6.45, 7) is 8.41. The quantitative estimate of drug-likeness (QED) is 0.403. The Labute approximate surface area is 188 Å². The van der Waals surface area contributed by atoms with Crippen molar-refractivity contribution in [3.8, 4) is 0 Å². The highest BCUT2D eigenvalue weighted by atomic mass is 35.5. The number of aryl methyl sites for hydroxylation is 2. The first-order valence-corrected chi connectivity index (χ1v) is 12.2. The molecule has 2 N–H and O–H groups in total. The fraction of sp³-hybridized carbons (Fsp3) is 0.409. The lowest BCUT2D eigenvalue weighted by Gasteiger charge is -2.34. The molecule has 1 unspecified atom stereocenters. The summed E-state index contributed by atoms with van der Waals surface area (Å²) in [5.41, 5.74) is 8.51. The van der Waals surface area contributed by atoms with Crippen LogP contribution in [0.4, 0.5) is 5.82 Å². The molecule has 1 saturated heterocycles. The van der Waals surface area contributed by atoms with E-state index in [1.807, 2.05) is 12.1 Å². The van der Waals surface area contributed by atoms with Crippen LogP contribution in [-0.4, -0.2) is 32.9 Å². The van der Waals surface area contributed by atoms with Gasteiger partial charge >= 0.3 is 0 Å². The molecule has 1 aliphatic rings. The van der Waals surface area contributed by atoms with Crippen LogP contribution in [-0.2, 0) is 0 Å². The molecule has 8 heteroatoms. The van der Waals surface area contributed by atoms with Crippen LogP contribution in [0.3, 0.4) is 0 Å². The third kappa shape index (κ3) is 3.47. The highest BCUT2D eigenvalue weighted by Crippen LogP contribution is 2.37. The van der Waals surface area contributed by atoms with Gasteiger partial charge in [0, 0.05) is 15.8 Å². The minimum absolute atomic E-state index is 0.148. The van der Waals surface area contributed by atoms with E-state index < -0.39 is 0 Å². The van der Waals surface area contributed by atoms with Gasteiger partial charge in [-0.2, -0.15) is 0 Å². The second kappa shape index (κ2) is 7.71. The van der Waals surface area contributed by atoms with Crippen molar-refractivity contribution in [3.05, 3.63) is 44.5 Å². The Balaban J connectivity index is 1.33. The molecule has 4 heterocycles. The fourth-order valence-corrected chi connectivity index (χ4v) is 6.60. The van der Waals surface area contributed by atoms with Crippen molar-refractivity contribution >= 4 is 60.5 Å². The van der Waals surface area contributed by atoms with Crippen molar-refractivity contribution < 1.29 is 0 Å². The van der Waals surface area contributed by atoms with Gasteiger partial charge in [0.1, 0.15) is 16.5 Å². The highest BCUT2D eigenvalue weighted by Gasteiger charge is 2.28. The number of hydrogen-bond donors (Lipinski definition) is 1. The van der Waals surface area contributed by atoms with Gasteiger partial charge in [-0.15, -0.1) is 22.7 Å². The molecule has 0 saturated carbocycles. The number of hydrogen-bond acceptors (Lipinski definition) is 7. The summed E-state index contributed by atoms with van der Waals surface area (Å²) in [4.78, 5) is 19.1. The molecule has 1 aromatic carbocycles. The Hall–Kier alpha value is -1.80. The number of aromatic nitrogens is 3. The topological polar surface area (TPSA) is 67.9 Å². The maximum atomic E-state index is 6.30. The van der Waals surface area contributed by atoms with Crippen LogP contribution in [0, 0.1) is 13.8 Å². The van der Waals surface area contributed by atoms with Crippen LogP contribution in [0.2, 0.25) is 5.02 Å². The van der Waals surface area contributed by atoms with Crippen LogP contribution in [0.15, 0.2) is 18.2 Å². The molecule has 1 atom stereocenters. The van der Waals surface area contributed by atoms with E-state index in [9.17, 15) is 0 Å². The van der Waals surface area contributed by atoms with E-state index in [1.165, 1.54) is 20.1 Å². The van der Waals surface area contributed by atoms with Crippen molar-refractivity contribution in [2.45, 2.75) is 45.6 Å². The largest absolute Gasteiger partial charge is 0.383 e. The predicted molar refractivity (Wildman–Crippen MR) is 128 cm³/mol. The summed E-state index contributed by atoms with van der Waals surface area (Å²) in [7, 11) is 0. The molecule has 1 fully saturated rings. The van der Waals surface area contributed by atoms with Gasteiger partial charge in [-0.05, 0) is 70.5 Å². The van der Waals surface area contributed by atoms with Gasteiger partial charge in [0.25, 0.3) is 0 Å². The van der Waals surface area contributed by atoms with Crippen LogP contribution >= 0.6 is 34.3 Å². The minimum Gasteiger partial charge on any atom is -0.383 e. The number of nitrogens with two attached hydrogens (primary N) is 1. The lowest BCUT2D eigenvalue weighted by molar-refractivity contribution is 0.157. The number of benzene rings is 1. The van der Waals surface area contributed by atoms with Crippen LogP contribution in [0.1, 0.15) is 53.0 Å². The molecule has 0 amide bonds. The van der Waals surface area contributed by atoms with Gasteiger partial charge in [-0.3, -0.25) is 4.90 Å². The van der Waals surface area contributed by atoms with Crippen LogP contribution < -0.4 is 5.73 Å². The normalized spacial score (nSPS) is 17.2. The van der Waals surface area contributed by atoms with Gasteiger partial charge in [0.15, 0.2) is 0 Å². The number of anilines is 1. The highest BCUT2D eigenvalue weighted by molar-refractivity contribution is 7.19. The molecule has 3 aromatic heterocycles. The SMILES string of the molecule is Cc1sc2nc(C(C)N3CCC(c4nc5cc(Cl)ccc5s4)CC3)nc(N)c2c1C. The van der Waals surface area contributed by atoms with Crippen molar-refractivity contribution in [1.29, 1.82) is 0 Å². The molecule has 1 aliphatic heterocycles. The maximum absolute atomic E-state index is 6.30. The van der Waals surface area contributed by atoms with E-state index in [0.717, 1.165) is 52.5 Å². The number of thiazole rings is 1. The molecular weight excluding hydrogens is 434 g/mol. The van der Waals surface area contributed by atoms with Crippen LogP contribution in [0.5, 0.6) is 0 Å². The summed E-state index contributed by atoms with van der Waals surface area (Å²) in [5, 5.41) is 2.99. The Morgan fingerprint density at radius 2 is 1.90 bits per heavy atom. The van der Waals surface area contributed by atoms with Gasteiger partial charge in [0.05, 0.1) is 26.7 Å². The Morgan fingerprint density at radius 1 is 1.13 bits per heavy atom. The van der Waals surface area contributed by atoms with Gasteiger partial charge in [-0.25, -0.2) is 15.0 Å². The van der Waals surface area contributed by atoms with E-state index in [1.54, 1.807) is 22.7 Å². The minimum atomic E-state index is 0.148. The average molecular weight is 458 g/mol. The zero-order valence-corrected chi connectivity index (χ0v) is 19.7. The molecule has 30 heavy (non-hydrogen) atoms. The summed E-state index contributed by atoms with van der Waals surface area (Å²) in [6.07, 6.45) is 2.18. The molecule has 0 radical (unpaired) electrons. The zero-order valence-electron chi connectivity index (χ0n) is 17.3. The third-order valence-corrected chi connectivity index (χ3v) is 8.78. The number of rotatable bonds is 3. The van der Waals surface area contributed by atoms with E-state index >= 15 is 0 Å². The molecule has 0 bridgehead atoms. The molecule has 5 rings (SSSR count). The van der Waals surface area contributed by atoms with E-state index in [2.05, 4.69) is 36.7 Å². The number of piperidine rings is 1. The number of nitrogens with zero attached hydrogens (tertiary/aromatic N) is 4. The smallest absolute Gasteiger partial charge is 0.149 e. The van der Waals surface area contributed by atoms with Crippen molar-refractivity contribution in [2.24, 2.45) is 0 Å². The molecule has 0 spiro atoms. The maximum Gasteiger partial charge on any atom is 0.149 e. The summed E-state index contributed by atoms with van der Waals surface area (Å²) < 4.78 is 1.21. The Bertz CT molecular complexity index is 1240. The second-order valence-electron chi connectivity index (χ2n) is 8.08. The standard InChI is InChI=1S/C22H24ClN5S2/c1-11-13(3)29-22-18(11)19(24)26-20(27-22)12(2)28-8-6-14(7-9-28)21-25-16-10-15(23)4-5-17(16)30-21/h4-5,10,12,14H,6-9H2,1-3H3,(H2,24,26,27). The number of nitrogen functional groups attached to an aromatic ring is 1. The van der Waals surface area contributed by atoms with Gasteiger partial charge < -0.3 is 5.73 Å². The lowest BCUT2D eigenvalue weighted by Crippen LogP contribution is -2.35. The predicted octanol–water partition coefficient (Wildman–Crippen LogP) is 6.09. The van der Waals surface area contributed by atoms with Crippen molar-refractivity contribution in [3.63, 3.8) is 0 Å². The van der Waals surface area contributed by atoms with E-state index in [-0.39, 0.29) is 6.04 Å². The van der Waals surface area contributed by atoms with Crippen molar-refractivity contribution in [1.82, 2.24) is 19.9 Å². The zero-order chi connectivity index (χ0) is 21.0. The number of halogens is 1. The first-order valence-electron chi connectivity index (χ1n) is 10.2. The molecular formula is C22H24ClN5S2. The molecule has 0 aliphatic carbocycles. The number of fused-ring (bicyclic) bond motifs is 2. The first kappa shape index (κ1) is 20.1. The van der Waals surface area contributed by atoms with E-state index in [0.29, 0.717) is 11.7 Å². The van der Waals surface area contributed by atoms with Crippen molar-refractivity contribution in [2.75, 3.05) is 18.8 Å². The van der Waals surface area contributed by atoms with E-state index in [4.69, 9.17) is 27.3 Å². The molecule has 4 aromatic rings. The summed E-state index contributed by atoms with van der Waals surface area (Å²) in [5.74, 6) is 1.93. The van der Waals surface area contributed by atoms with Gasteiger partial charge in [-0.1, -0.05) is 11.6 Å². The third-order valence-electron chi connectivity index (χ3n) is 6.24. The fourth-order valence-electron chi connectivity index (χ4n) is 4.27. The summed E-state index contributed by atoms with van der Waals surface area (Å²) >= 11 is 9.62. The Kier molecular flexibility index (Phi) is 5.17. The molecule has 156 valence electrons. The lowest BCUT2D eigenvalue weighted by atomic mass is 9.96. The second-order valence-corrected chi connectivity index (χ2v) is 10.8. The summed E-state index contributed by atoms with van der Waals surface area (Å²) in [6, 6.07) is 6.12. The van der Waals surface area contributed by atoms with Gasteiger partial charge in [0.2, 0.25) is 0 Å².